The highest BCUT2D eigenvalue weighted by molar-refractivity contribution is 5.93. The molecule has 3 aromatic rings. The van der Waals surface area contributed by atoms with Crippen molar-refractivity contribution in [2.75, 3.05) is 25.7 Å². The number of hydrogen-bond donors (Lipinski definition) is 0. The third kappa shape index (κ3) is 3.44. The normalized spacial score (nSPS) is 13.0. The Kier molecular flexibility index (Phi) is 6.08. The molecule has 6 heteroatoms. The van der Waals surface area contributed by atoms with Gasteiger partial charge >= 0.3 is 0 Å². The van der Waals surface area contributed by atoms with E-state index in [-0.39, 0.29) is 12.4 Å². The van der Waals surface area contributed by atoms with Gasteiger partial charge in [-0.25, -0.2) is 4.98 Å². The Morgan fingerprint density at radius 2 is 1.83 bits per heavy atom. The molecule has 0 atom stereocenters. The molecule has 0 saturated heterocycles. The van der Waals surface area contributed by atoms with E-state index in [1.807, 2.05) is 12.3 Å². The van der Waals surface area contributed by atoms with Gasteiger partial charge in [0.25, 0.3) is 0 Å². The summed E-state index contributed by atoms with van der Waals surface area (Å²) in [5.41, 5.74) is 6.35. The fraction of sp³-hybridized carbons (Fsp3) is 0.348. The first kappa shape index (κ1) is 21.1. The molecule has 4 rings (SSSR count). The number of aryl methyl sites for hydroxylation is 1. The summed E-state index contributed by atoms with van der Waals surface area (Å²) in [5.74, 6) is 2.60. The number of rotatable bonds is 5. The summed E-state index contributed by atoms with van der Waals surface area (Å²) >= 11 is 0. The third-order valence-electron chi connectivity index (χ3n) is 5.86. The molecule has 0 saturated carbocycles. The predicted octanol–water partition coefficient (Wildman–Crippen LogP) is 4.84. The lowest BCUT2D eigenvalue weighted by molar-refractivity contribution is 0.353. The molecular formula is C23H28ClN3O2. The van der Waals surface area contributed by atoms with Gasteiger partial charge in [0.05, 0.1) is 19.7 Å². The van der Waals surface area contributed by atoms with Crippen LogP contribution < -0.4 is 14.4 Å². The van der Waals surface area contributed by atoms with Gasteiger partial charge in [0, 0.05) is 36.9 Å². The summed E-state index contributed by atoms with van der Waals surface area (Å²) in [7, 11) is 3.36. The molecule has 1 aliphatic rings. The van der Waals surface area contributed by atoms with Crippen molar-refractivity contribution in [3.05, 3.63) is 59.4 Å². The molecule has 29 heavy (non-hydrogen) atoms. The monoisotopic (exact) mass is 413 g/mol. The lowest BCUT2D eigenvalue weighted by Gasteiger charge is -2.31. The molecule has 154 valence electrons. The second kappa shape index (κ2) is 8.37. The van der Waals surface area contributed by atoms with Gasteiger partial charge in [-0.3, -0.25) is 0 Å². The van der Waals surface area contributed by atoms with E-state index in [1.54, 1.807) is 14.2 Å². The minimum absolute atomic E-state index is 0. The minimum atomic E-state index is 0. The molecule has 0 radical (unpaired) electrons. The van der Waals surface area contributed by atoms with Crippen LogP contribution in [0.5, 0.6) is 11.5 Å². The maximum absolute atomic E-state index is 5.51. The number of hydrogen-bond acceptors (Lipinski definition) is 4. The van der Waals surface area contributed by atoms with Gasteiger partial charge in [-0.2, -0.15) is 0 Å². The highest BCUT2D eigenvalue weighted by Gasteiger charge is 2.24. The number of fused-ring (bicyclic) bond motifs is 2. The number of aromatic nitrogens is 2. The lowest BCUT2D eigenvalue weighted by atomic mass is 9.98. The number of allylic oxidation sites excluding steroid dienone is 1. The summed E-state index contributed by atoms with van der Waals surface area (Å²) in [6.07, 6.45) is 4.83. The molecule has 0 fully saturated rings. The molecule has 0 N–H and O–H groups in total. The molecular weight excluding hydrogens is 386 g/mol. The van der Waals surface area contributed by atoms with Crippen LogP contribution in [0.4, 0.5) is 5.82 Å². The molecule has 0 unspecified atom stereocenters. The van der Waals surface area contributed by atoms with Gasteiger partial charge in [-0.05, 0) is 55.2 Å². The van der Waals surface area contributed by atoms with E-state index in [0.717, 1.165) is 43.4 Å². The van der Waals surface area contributed by atoms with Crippen LogP contribution in [0.1, 0.15) is 22.4 Å². The van der Waals surface area contributed by atoms with Crippen molar-refractivity contribution in [2.45, 2.75) is 33.4 Å². The van der Waals surface area contributed by atoms with Crippen LogP contribution in [0.3, 0.4) is 0 Å². The first-order valence-corrected chi connectivity index (χ1v) is 9.63. The van der Waals surface area contributed by atoms with E-state index < -0.39 is 0 Å². The van der Waals surface area contributed by atoms with Gasteiger partial charge in [0.15, 0.2) is 17.3 Å². The average molecular weight is 414 g/mol. The smallest absolute Gasteiger partial charge is 0.161 e. The fourth-order valence-corrected chi connectivity index (χ4v) is 4.23. The highest BCUT2D eigenvalue weighted by Crippen LogP contribution is 2.37. The number of halogens is 1. The zero-order valence-electron chi connectivity index (χ0n) is 17.5. The second-order valence-corrected chi connectivity index (χ2v) is 7.29. The van der Waals surface area contributed by atoms with Crippen molar-refractivity contribution in [1.82, 2.24) is 9.55 Å². The molecule has 0 spiro atoms. The van der Waals surface area contributed by atoms with Crippen molar-refractivity contribution in [3.63, 3.8) is 0 Å². The van der Waals surface area contributed by atoms with E-state index in [2.05, 4.69) is 48.1 Å². The number of ether oxygens (including phenoxy) is 2. The molecule has 0 aliphatic carbocycles. The third-order valence-corrected chi connectivity index (χ3v) is 5.86. The predicted molar refractivity (Wildman–Crippen MR) is 121 cm³/mol. The van der Waals surface area contributed by atoms with Crippen LogP contribution in [0, 0.1) is 13.8 Å². The van der Waals surface area contributed by atoms with Gasteiger partial charge in [0.2, 0.25) is 0 Å². The van der Waals surface area contributed by atoms with Crippen LogP contribution >= 0.6 is 12.4 Å². The summed E-state index contributed by atoms with van der Waals surface area (Å²) in [4.78, 5) is 7.16. The Bertz CT molecular complexity index is 1060. The number of anilines is 1. The molecule has 1 aliphatic heterocycles. The number of nitrogens with zero attached hydrogens (tertiary/aromatic N) is 3. The molecule has 5 nitrogen and oxygen atoms in total. The topological polar surface area (TPSA) is 39.5 Å². The molecule has 0 amide bonds. The van der Waals surface area contributed by atoms with Crippen molar-refractivity contribution >= 4 is 29.1 Å². The van der Waals surface area contributed by atoms with E-state index in [4.69, 9.17) is 14.5 Å². The Hall–Kier alpha value is -2.66. The Balaban J connectivity index is 0.00000240. The lowest BCUT2D eigenvalue weighted by Crippen LogP contribution is -2.31. The Morgan fingerprint density at radius 1 is 1.14 bits per heavy atom. The molecule has 0 bridgehead atoms. The van der Waals surface area contributed by atoms with Crippen LogP contribution in [0.25, 0.3) is 10.9 Å². The number of methoxy groups -OCH3 is 2. The van der Waals surface area contributed by atoms with Gasteiger partial charge in [0.1, 0.15) is 0 Å². The van der Waals surface area contributed by atoms with Crippen molar-refractivity contribution in [3.8, 4) is 11.5 Å². The van der Waals surface area contributed by atoms with Crippen LogP contribution in [-0.4, -0.2) is 30.3 Å². The molecule has 1 aromatic carbocycles. The quantitative estimate of drug-likeness (QED) is 0.561. The summed E-state index contributed by atoms with van der Waals surface area (Å²) < 4.78 is 13.3. The van der Waals surface area contributed by atoms with Crippen LogP contribution in [0.15, 0.2) is 37.1 Å². The minimum Gasteiger partial charge on any atom is -0.493 e. The van der Waals surface area contributed by atoms with Gasteiger partial charge in [-0.15, -0.1) is 19.0 Å². The maximum Gasteiger partial charge on any atom is 0.161 e. The largest absolute Gasteiger partial charge is 0.493 e. The Morgan fingerprint density at radius 3 is 2.48 bits per heavy atom. The average Bonchev–Trinajstić information content (AvgIpc) is 2.97. The Labute approximate surface area is 178 Å². The maximum atomic E-state index is 5.51. The number of pyridine rings is 1. The van der Waals surface area contributed by atoms with Crippen LogP contribution in [-0.2, 0) is 19.5 Å². The van der Waals surface area contributed by atoms with Gasteiger partial charge < -0.3 is 18.9 Å². The first-order chi connectivity index (χ1) is 13.6. The van der Waals surface area contributed by atoms with Crippen molar-refractivity contribution in [1.29, 1.82) is 0 Å². The van der Waals surface area contributed by atoms with E-state index in [1.165, 1.54) is 33.3 Å². The number of benzene rings is 1. The van der Waals surface area contributed by atoms with E-state index in [0.29, 0.717) is 0 Å². The molecule has 2 aromatic heterocycles. The summed E-state index contributed by atoms with van der Waals surface area (Å²) in [6.45, 7) is 10.8. The SMILES string of the molecule is C=CCn1c(C)c(C)c2ccnc(N3CCc4cc(OC)c(OC)cc4C3)c21.Cl. The zero-order valence-corrected chi connectivity index (χ0v) is 18.3. The van der Waals surface area contributed by atoms with E-state index in [9.17, 15) is 0 Å². The van der Waals surface area contributed by atoms with E-state index >= 15 is 0 Å². The van der Waals surface area contributed by atoms with Crippen LogP contribution in [0.2, 0.25) is 0 Å². The van der Waals surface area contributed by atoms with Crippen molar-refractivity contribution < 1.29 is 9.47 Å². The molecule has 3 heterocycles. The van der Waals surface area contributed by atoms with Crippen molar-refractivity contribution in [2.24, 2.45) is 0 Å². The summed E-state index contributed by atoms with van der Waals surface area (Å²) in [6, 6.07) is 6.32. The van der Waals surface area contributed by atoms with Gasteiger partial charge in [-0.1, -0.05) is 6.08 Å². The standard InChI is InChI=1S/C23H27N3O2.ClH/c1-6-10-26-16(3)15(2)19-7-9-24-23(22(19)26)25-11-8-17-12-20(27-4)21(28-5)13-18(17)14-25;/h6-7,9,12-13H,1,8,10-11,14H2,2-5H3;1H. The first-order valence-electron chi connectivity index (χ1n) is 9.63. The zero-order chi connectivity index (χ0) is 19.8. The summed E-state index contributed by atoms with van der Waals surface area (Å²) in [5, 5.41) is 1.27. The fourth-order valence-electron chi connectivity index (χ4n) is 4.23. The second-order valence-electron chi connectivity index (χ2n) is 7.29. The highest BCUT2D eigenvalue weighted by atomic mass is 35.5.